The molecule has 6 heteroatoms. The fraction of sp³-hybridized carbons (Fsp3) is 0.421. The Hall–Kier alpha value is -2.63. The molecule has 25 heavy (non-hydrogen) atoms. The highest BCUT2D eigenvalue weighted by atomic mass is 16.2. The Morgan fingerprint density at radius 2 is 1.88 bits per heavy atom. The van der Waals surface area contributed by atoms with E-state index in [0.29, 0.717) is 25.9 Å². The van der Waals surface area contributed by atoms with Crippen LogP contribution >= 0.6 is 0 Å². The summed E-state index contributed by atoms with van der Waals surface area (Å²) < 4.78 is 0. The largest absolute Gasteiger partial charge is 0.366 e. The van der Waals surface area contributed by atoms with E-state index < -0.39 is 0 Å². The van der Waals surface area contributed by atoms with Gasteiger partial charge in [0.05, 0.1) is 11.9 Å². The summed E-state index contributed by atoms with van der Waals surface area (Å²) in [4.78, 5) is 34.5. The number of hydrogen-bond donors (Lipinski definition) is 0. The molecule has 0 saturated carbocycles. The molecule has 2 saturated heterocycles. The van der Waals surface area contributed by atoms with Gasteiger partial charge >= 0.3 is 0 Å². The highest BCUT2D eigenvalue weighted by Crippen LogP contribution is 2.27. The van der Waals surface area contributed by atoms with Crippen molar-refractivity contribution in [3.8, 4) is 0 Å². The van der Waals surface area contributed by atoms with E-state index in [1.54, 1.807) is 11.9 Å². The van der Waals surface area contributed by atoms with E-state index in [1.807, 2.05) is 29.4 Å². The Balaban J connectivity index is 1.46. The summed E-state index contributed by atoms with van der Waals surface area (Å²) in [5.74, 6) is 0.155. The fourth-order valence-electron chi connectivity index (χ4n) is 3.82. The van der Waals surface area contributed by atoms with Crippen LogP contribution in [0.15, 0.2) is 36.7 Å². The SMILES string of the molecule is CN1C(=O)CC[C@H]1C(=O)N1CCN(c2cncc3ccccc23)CC1. The zero-order valence-corrected chi connectivity index (χ0v) is 14.4. The van der Waals surface area contributed by atoms with Gasteiger partial charge in [-0.25, -0.2) is 0 Å². The fourth-order valence-corrected chi connectivity index (χ4v) is 3.82. The van der Waals surface area contributed by atoms with Crippen molar-refractivity contribution in [2.24, 2.45) is 0 Å². The molecule has 1 aromatic heterocycles. The summed E-state index contributed by atoms with van der Waals surface area (Å²) in [5.41, 5.74) is 1.12. The van der Waals surface area contributed by atoms with Gasteiger partial charge in [0.15, 0.2) is 0 Å². The van der Waals surface area contributed by atoms with Gasteiger partial charge in [-0.15, -0.1) is 0 Å². The van der Waals surface area contributed by atoms with Gasteiger partial charge in [-0.1, -0.05) is 24.3 Å². The molecular weight excluding hydrogens is 316 g/mol. The molecule has 0 aliphatic carbocycles. The second kappa shape index (κ2) is 6.35. The van der Waals surface area contributed by atoms with Gasteiger partial charge < -0.3 is 14.7 Å². The maximum absolute atomic E-state index is 12.7. The molecule has 1 atom stereocenters. The number of fused-ring (bicyclic) bond motifs is 1. The first-order chi connectivity index (χ1) is 12.1. The second-order valence-corrected chi connectivity index (χ2v) is 6.75. The number of aromatic nitrogens is 1. The average Bonchev–Trinajstić information content (AvgIpc) is 3.00. The summed E-state index contributed by atoms with van der Waals surface area (Å²) in [6.45, 7) is 2.93. The van der Waals surface area contributed by atoms with Crippen molar-refractivity contribution in [2.45, 2.75) is 18.9 Å². The van der Waals surface area contributed by atoms with E-state index in [-0.39, 0.29) is 17.9 Å². The number of benzene rings is 1. The monoisotopic (exact) mass is 338 g/mol. The lowest BCUT2D eigenvalue weighted by Crippen LogP contribution is -2.53. The highest BCUT2D eigenvalue weighted by molar-refractivity contribution is 5.94. The molecule has 0 N–H and O–H groups in total. The first-order valence-electron chi connectivity index (χ1n) is 8.77. The van der Waals surface area contributed by atoms with Crippen molar-refractivity contribution in [3.63, 3.8) is 0 Å². The van der Waals surface area contributed by atoms with E-state index in [2.05, 4.69) is 22.0 Å². The molecule has 2 fully saturated rings. The minimum atomic E-state index is -0.279. The van der Waals surface area contributed by atoms with Gasteiger partial charge in [0.1, 0.15) is 6.04 Å². The molecule has 4 rings (SSSR count). The second-order valence-electron chi connectivity index (χ2n) is 6.75. The number of likely N-dealkylation sites (tertiary alicyclic amines) is 1. The first kappa shape index (κ1) is 15.9. The van der Waals surface area contributed by atoms with Crippen LogP contribution in [0.2, 0.25) is 0 Å². The van der Waals surface area contributed by atoms with Crippen LogP contribution in [0.25, 0.3) is 10.8 Å². The Labute approximate surface area is 147 Å². The van der Waals surface area contributed by atoms with Crippen molar-refractivity contribution < 1.29 is 9.59 Å². The number of pyridine rings is 1. The standard InChI is InChI=1S/C19H22N4O2/c1-21-16(6-7-18(21)24)19(25)23-10-8-22(9-11-23)17-13-20-12-14-4-2-3-5-15(14)17/h2-5,12-13,16H,6-11H2,1H3/t16-/m0/s1. The van der Waals surface area contributed by atoms with Gasteiger partial charge in [0, 0.05) is 56.6 Å². The summed E-state index contributed by atoms with van der Waals surface area (Å²) in [6, 6.07) is 7.96. The lowest BCUT2D eigenvalue weighted by Gasteiger charge is -2.38. The van der Waals surface area contributed by atoms with Crippen molar-refractivity contribution in [1.29, 1.82) is 0 Å². The van der Waals surface area contributed by atoms with E-state index in [4.69, 9.17) is 0 Å². The minimum absolute atomic E-state index is 0.0683. The number of hydrogen-bond acceptors (Lipinski definition) is 4. The molecule has 0 spiro atoms. The van der Waals surface area contributed by atoms with Crippen molar-refractivity contribution >= 4 is 28.3 Å². The van der Waals surface area contributed by atoms with Crippen molar-refractivity contribution in [3.05, 3.63) is 36.7 Å². The topological polar surface area (TPSA) is 56.8 Å². The van der Waals surface area contributed by atoms with Gasteiger partial charge in [-0.05, 0) is 6.42 Å². The van der Waals surface area contributed by atoms with E-state index in [1.165, 1.54) is 5.39 Å². The molecule has 0 bridgehead atoms. The van der Waals surface area contributed by atoms with Crippen molar-refractivity contribution in [1.82, 2.24) is 14.8 Å². The molecule has 6 nitrogen and oxygen atoms in total. The lowest BCUT2D eigenvalue weighted by atomic mass is 10.1. The molecule has 3 heterocycles. The third-order valence-electron chi connectivity index (χ3n) is 5.36. The summed E-state index contributed by atoms with van der Waals surface area (Å²) in [5, 5.41) is 2.32. The molecule has 2 amide bonds. The molecular formula is C19H22N4O2. The van der Waals surface area contributed by atoms with Crippen LogP contribution in [0.5, 0.6) is 0 Å². The average molecular weight is 338 g/mol. The molecule has 130 valence electrons. The molecule has 0 unspecified atom stereocenters. The molecule has 2 aliphatic rings. The van der Waals surface area contributed by atoms with Crippen molar-refractivity contribution in [2.75, 3.05) is 38.1 Å². The smallest absolute Gasteiger partial charge is 0.245 e. The number of amides is 2. The predicted molar refractivity (Wildman–Crippen MR) is 96.3 cm³/mol. The Bertz CT molecular complexity index is 809. The summed E-state index contributed by atoms with van der Waals surface area (Å²) in [7, 11) is 1.73. The van der Waals surface area contributed by atoms with Gasteiger partial charge in [-0.2, -0.15) is 0 Å². The number of carbonyl (C=O) groups is 2. The Morgan fingerprint density at radius 1 is 1.12 bits per heavy atom. The minimum Gasteiger partial charge on any atom is -0.366 e. The third kappa shape index (κ3) is 2.81. The molecule has 2 aromatic rings. The van der Waals surface area contributed by atoms with E-state index in [9.17, 15) is 9.59 Å². The maximum atomic E-state index is 12.7. The normalized spacial score (nSPS) is 21.2. The molecule has 0 radical (unpaired) electrons. The number of rotatable bonds is 2. The first-order valence-corrected chi connectivity index (χ1v) is 8.77. The van der Waals surface area contributed by atoms with E-state index >= 15 is 0 Å². The number of nitrogens with zero attached hydrogens (tertiary/aromatic N) is 4. The Kier molecular flexibility index (Phi) is 4.03. The quantitative estimate of drug-likeness (QED) is 0.833. The van der Waals surface area contributed by atoms with E-state index in [0.717, 1.165) is 24.2 Å². The number of carbonyl (C=O) groups excluding carboxylic acids is 2. The molecule has 1 aromatic carbocycles. The summed E-state index contributed by atoms with van der Waals surface area (Å²) in [6.07, 6.45) is 4.91. The number of anilines is 1. The van der Waals surface area contributed by atoms with Crippen LogP contribution in [0.4, 0.5) is 5.69 Å². The Morgan fingerprint density at radius 3 is 2.60 bits per heavy atom. The number of likely N-dealkylation sites (N-methyl/N-ethyl adjacent to an activating group) is 1. The van der Waals surface area contributed by atoms with Gasteiger partial charge in [-0.3, -0.25) is 14.6 Å². The highest BCUT2D eigenvalue weighted by Gasteiger charge is 2.36. The predicted octanol–water partition coefficient (Wildman–Crippen LogP) is 1.50. The van der Waals surface area contributed by atoms with Gasteiger partial charge in [0.25, 0.3) is 0 Å². The number of piperazine rings is 1. The van der Waals surface area contributed by atoms with Crippen LogP contribution in [0, 0.1) is 0 Å². The van der Waals surface area contributed by atoms with Crippen LogP contribution in [-0.4, -0.2) is 65.9 Å². The van der Waals surface area contributed by atoms with Gasteiger partial charge in [0.2, 0.25) is 11.8 Å². The third-order valence-corrected chi connectivity index (χ3v) is 5.36. The summed E-state index contributed by atoms with van der Waals surface area (Å²) >= 11 is 0. The zero-order valence-electron chi connectivity index (χ0n) is 14.4. The van der Waals surface area contributed by atoms with Crippen LogP contribution < -0.4 is 4.90 Å². The lowest BCUT2D eigenvalue weighted by molar-refractivity contribution is -0.140. The van der Waals surface area contributed by atoms with Crippen LogP contribution in [-0.2, 0) is 9.59 Å². The van der Waals surface area contributed by atoms with Crippen LogP contribution in [0.3, 0.4) is 0 Å². The zero-order chi connectivity index (χ0) is 17.4. The maximum Gasteiger partial charge on any atom is 0.245 e. The van der Waals surface area contributed by atoms with Crippen LogP contribution in [0.1, 0.15) is 12.8 Å². The molecule has 2 aliphatic heterocycles.